The highest BCUT2D eigenvalue weighted by molar-refractivity contribution is 9.10. The van der Waals surface area contributed by atoms with Gasteiger partial charge >= 0.3 is 0 Å². The highest BCUT2D eigenvalue weighted by Crippen LogP contribution is 2.57. The van der Waals surface area contributed by atoms with Gasteiger partial charge in [-0.1, -0.05) is 50.6 Å². The van der Waals surface area contributed by atoms with Crippen molar-refractivity contribution in [2.45, 2.75) is 50.6 Å². The molecule has 2 aliphatic heterocycles. The molecule has 2 amide bonds. The fraction of sp³-hybridized carbons (Fsp3) is 0.300. The maximum Gasteiger partial charge on any atom is 0.242 e. The van der Waals surface area contributed by atoms with Crippen molar-refractivity contribution in [3.05, 3.63) is 92.7 Å². The van der Waals surface area contributed by atoms with Crippen molar-refractivity contribution in [2.24, 2.45) is 5.41 Å². The normalized spacial score (nSPS) is 23.8. The van der Waals surface area contributed by atoms with Gasteiger partial charge in [-0.05, 0) is 81.4 Å². The number of nitrogens with zero attached hydrogens (tertiary/aromatic N) is 1. The monoisotopic (exact) mass is 608 g/mol. The zero-order chi connectivity index (χ0) is 28.1. The molecule has 9 heteroatoms. The average Bonchev–Trinajstić information content (AvgIpc) is 3.35. The largest absolute Gasteiger partial charge is 0.325 e. The van der Waals surface area contributed by atoms with E-state index in [1.807, 2.05) is 0 Å². The van der Waals surface area contributed by atoms with Crippen molar-refractivity contribution in [1.29, 1.82) is 5.26 Å². The van der Waals surface area contributed by atoms with Crippen molar-refractivity contribution in [3.63, 3.8) is 0 Å². The molecule has 0 bridgehead atoms. The summed E-state index contributed by atoms with van der Waals surface area (Å²) in [5.41, 5.74) is 0.930. The van der Waals surface area contributed by atoms with Gasteiger partial charge in [-0.3, -0.25) is 9.59 Å². The summed E-state index contributed by atoms with van der Waals surface area (Å²) in [5, 5.41) is 18.9. The Kier molecular flexibility index (Phi) is 7.04. The van der Waals surface area contributed by atoms with Gasteiger partial charge in [0.05, 0.1) is 22.1 Å². The van der Waals surface area contributed by atoms with Crippen LogP contribution >= 0.6 is 27.5 Å². The third-order valence-electron chi connectivity index (χ3n) is 7.50. The summed E-state index contributed by atoms with van der Waals surface area (Å²) < 4.78 is 16.1. The van der Waals surface area contributed by atoms with E-state index in [0.717, 1.165) is 0 Å². The minimum absolute atomic E-state index is 0.223. The molecule has 0 aliphatic carbocycles. The van der Waals surface area contributed by atoms with Crippen molar-refractivity contribution < 1.29 is 14.0 Å². The van der Waals surface area contributed by atoms with Gasteiger partial charge in [0.25, 0.3) is 0 Å². The third-order valence-corrected chi connectivity index (χ3v) is 8.35. The standard InChI is InChI=1S/C30H27BrClFN4O2/c1-29(2,3)14-23-30(20-12-9-17(32)13-22(20)36-28(30)39)24(19-5-4-6-21(31)25(19)33)26(37-23)27(38)35-18-10-7-16(15-34)8-11-18/h4-13,23-24,26,37H,14H2,1-3H3,(H,35,38)(H,36,39)/t23-,24+,26+,30?/m0/s1. The summed E-state index contributed by atoms with van der Waals surface area (Å²) in [7, 11) is 0. The summed E-state index contributed by atoms with van der Waals surface area (Å²) in [6.07, 6.45) is 0.537. The Hall–Kier alpha value is -3.25. The second kappa shape index (κ2) is 10.1. The van der Waals surface area contributed by atoms with Crippen LogP contribution in [0.3, 0.4) is 0 Å². The molecule has 1 spiro atoms. The maximum atomic E-state index is 15.9. The Morgan fingerprint density at radius 2 is 1.90 bits per heavy atom. The lowest BCUT2D eigenvalue weighted by molar-refractivity contribution is -0.122. The highest BCUT2D eigenvalue weighted by Gasteiger charge is 2.66. The number of nitriles is 1. The van der Waals surface area contributed by atoms with E-state index in [0.29, 0.717) is 33.9 Å². The van der Waals surface area contributed by atoms with E-state index in [1.54, 1.807) is 60.7 Å². The molecule has 3 aromatic rings. The topological polar surface area (TPSA) is 94.0 Å². The second-order valence-corrected chi connectivity index (χ2v) is 12.6. The molecule has 1 fully saturated rings. The average molecular weight is 610 g/mol. The van der Waals surface area contributed by atoms with Gasteiger partial charge < -0.3 is 16.0 Å². The first-order valence-electron chi connectivity index (χ1n) is 12.6. The molecule has 3 aromatic carbocycles. The quantitative estimate of drug-likeness (QED) is 0.315. The molecule has 1 saturated heterocycles. The Bertz CT molecular complexity index is 1510. The molecule has 4 atom stereocenters. The van der Waals surface area contributed by atoms with Crippen molar-refractivity contribution in [3.8, 4) is 6.07 Å². The first-order chi connectivity index (χ1) is 18.5. The van der Waals surface area contributed by atoms with Crippen molar-refractivity contribution in [1.82, 2.24) is 5.32 Å². The first-order valence-corrected chi connectivity index (χ1v) is 13.8. The zero-order valence-corrected chi connectivity index (χ0v) is 24.0. The summed E-state index contributed by atoms with van der Waals surface area (Å²) in [6.45, 7) is 6.20. The number of rotatable bonds is 4. The molecule has 3 N–H and O–H groups in total. The summed E-state index contributed by atoms with van der Waals surface area (Å²) in [4.78, 5) is 28.1. The first kappa shape index (κ1) is 27.3. The van der Waals surface area contributed by atoms with Crippen LogP contribution in [-0.2, 0) is 15.0 Å². The molecule has 1 unspecified atom stereocenters. The van der Waals surface area contributed by atoms with Crippen LogP contribution in [0.1, 0.15) is 49.8 Å². The van der Waals surface area contributed by atoms with Gasteiger partial charge in [0, 0.05) is 28.4 Å². The smallest absolute Gasteiger partial charge is 0.242 e. The van der Waals surface area contributed by atoms with Gasteiger partial charge in [0.2, 0.25) is 11.8 Å². The predicted octanol–water partition coefficient (Wildman–Crippen LogP) is 6.50. The van der Waals surface area contributed by atoms with Crippen LogP contribution in [0.2, 0.25) is 5.02 Å². The molecule has 0 aromatic heterocycles. The Morgan fingerprint density at radius 3 is 2.56 bits per heavy atom. The number of carbonyl (C=O) groups excluding carboxylic acids is 2. The third kappa shape index (κ3) is 4.73. The van der Waals surface area contributed by atoms with Crippen LogP contribution in [0.5, 0.6) is 0 Å². The Labute approximate surface area is 240 Å². The van der Waals surface area contributed by atoms with E-state index in [2.05, 4.69) is 58.7 Å². The number of fused-ring (bicyclic) bond motifs is 2. The van der Waals surface area contributed by atoms with Crippen LogP contribution in [-0.4, -0.2) is 23.9 Å². The number of hydrogen-bond acceptors (Lipinski definition) is 4. The lowest BCUT2D eigenvalue weighted by atomic mass is 9.62. The molecule has 200 valence electrons. The lowest BCUT2D eigenvalue weighted by Crippen LogP contribution is -2.49. The summed E-state index contributed by atoms with van der Waals surface area (Å²) in [6, 6.07) is 17.2. The van der Waals surface area contributed by atoms with Gasteiger partial charge in [-0.25, -0.2) is 4.39 Å². The molecule has 0 saturated carbocycles. The highest BCUT2D eigenvalue weighted by atomic mass is 79.9. The van der Waals surface area contributed by atoms with Crippen LogP contribution in [0.4, 0.5) is 15.8 Å². The molecular formula is C30H27BrClFN4O2. The molecule has 5 rings (SSSR count). The molecule has 6 nitrogen and oxygen atoms in total. The fourth-order valence-corrected chi connectivity index (χ4v) is 6.55. The van der Waals surface area contributed by atoms with E-state index < -0.39 is 35.1 Å². The van der Waals surface area contributed by atoms with Gasteiger partial charge in [0.15, 0.2) is 0 Å². The Balaban J connectivity index is 1.71. The Morgan fingerprint density at radius 1 is 1.18 bits per heavy atom. The summed E-state index contributed by atoms with van der Waals surface area (Å²) in [5.74, 6) is -2.12. The number of anilines is 2. The molecule has 39 heavy (non-hydrogen) atoms. The van der Waals surface area contributed by atoms with Crippen molar-refractivity contribution in [2.75, 3.05) is 10.6 Å². The predicted molar refractivity (Wildman–Crippen MR) is 153 cm³/mol. The SMILES string of the molecule is CC(C)(C)C[C@@H]1N[C@@H](C(=O)Nc2ccc(C#N)cc2)[C@@H](c2cccc(Br)c2F)C12C(=O)Nc1cc(Cl)ccc12. The van der Waals surface area contributed by atoms with Crippen LogP contribution in [0.15, 0.2) is 65.1 Å². The number of halogens is 3. The van der Waals surface area contributed by atoms with E-state index in [4.69, 9.17) is 16.9 Å². The maximum absolute atomic E-state index is 15.9. The molecule has 2 aliphatic rings. The number of nitrogens with one attached hydrogen (secondary N) is 3. The van der Waals surface area contributed by atoms with E-state index in [1.165, 1.54) is 0 Å². The van der Waals surface area contributed by atoms with Gasteiger partial charge in [-0.15, -0.1) is 0 Å². The number of benzene rings is 3. The van der Waals surface area contributed by atoms with Crippen LogP contribution < -0.4 is 16.0 Å². The number of carbonyl (C=O) groups is 2. The molecule has 0 radical (unpaired) electrons. The fourth-order valence-electron chi connectivity index (χ4n) is 6.00. The minimum Gasteiger partial charge on any atom is -0.325 e. The van der Waals surface area contributed by atoms with Gasteiger partial charge in [-0.2, -0.15) is 5.26 Å². The van der Waals surface area contributed by atoms with E-state index in [-0.39, 0.29) is 21.4 Å². The number of hydrogen-bond donors (Lipinski definition) is 3. The minimum atomic E-state index is -1.29. The zero-order valence-electron chi connectivity index (χ0n) is 21.6. The molecular weight excluding hydrogens is 583 g/mol. The lowest BCUT2D eigenvalue weighted by Gasteiger charge is -2.37. The number of amides is 2. The van der Waals surface area contributed by atoms with Crippen LogP contribution in [0, 0.1) is 22.6 Å². The summed E-state index contributed by atoms with van der Waals surface area (Å²) >= 11 is 9.58. The van der Waals surface area contributed by atoms with E-state index >= 15 is 4.39 Å². The van der Waals surface area contributed by atoms with Gasteiger partial charge in [0.1, 0.15) is 11.2 Å². The molecule has 2 heterocycles. The van der Waals surface area contributed by atoms with Crippen molar-refractivity contribution >= 4 is 50.7 Å². The van der Waals surface area contributed by atoms with Crippen LogP contribution in [0.25, 0.3) is 0 Å². The van der Waals surface area contributed by atoms with E-state index in [9.17, 15) is 9.59 Å². The second-order valence-electron chi connectivity index (χ2n) is 11.3.